The summed E-state index contributed by atoms with van der Waals surface area (Å²) in [5.74, 6) is 0. The van der Waals surface area contributed by atoms with Crippen molar-refractivity contribution < 1.29 is 24.8 Å². The van der Waals surface area contributed by atoms with E-state index in [0.717, 1.165) is 0 Å². The number of rotatable bonds is 0. The predicted molar refractivity (Wildman–Crippen MR) is 17.0 cm³/mol. The fraction of sp³-hybridized carbons (Fsp3) is 0.500. The van der Waals surface area contributed by atoms with Crippen LogP contribution in [0.2, 0.25) is 0 Å². The van der Waals surface area contributed by atoms with Gasteiger partial charge in [-0.25, -0.2) is 0 Å². The molecule has 0 aromatic rings. The van der Waals surface area contributed by atoms with E-state index in [1.807, 2.05) is 0 Å². The van der Waals surface area contributed by atoms with Crippen molar-refractivity contribution in [1.29, 1.82) is 5.26 Å². The Kier molecular flexibility index (Phi) is 146. The van der Waals surface area contributed by atoms with Crippen LogP contribution in [0.1, 0.15) is 6.92 Å². The first kappa shape index (κ1) is 26.5. The second-order valence-corrected chi connectivity index (χ2v) is 0.224. The molecule has 0 N–H and O–H groups in total. The quantitative estimate of drug-likeness (QED) is 0.317. The third-order valence-electron chi connectivity index (χ3n) is 0. The summed E-state index contributed by atoms with van der Waals surface area (Å²) >= 11 is 0. The van der Waals surface area contributed by atoms with Gasteiger partial charge in [0.15, 0.2) is 0 Å². The summed E-state index contributed by atoms with van der Waals surface area (Å²) in [6.07, 6.45) is 0. The van der Waals surface area contributed by atoms with Gasteiger partial charge in [0.2, 0.25) is 0 Å². The molecule has 0 fully saturated rings. The molecule has 0 rings (SSSR count). The standard InChI is InChI=1S/C2H3N.Ca.2ClH/c1-2-3;;;/h1H3;;2*1H/q;+2;;/p-2. The molecule has 32 valence electrons. The van der Waals surface area contributed by atoms with Crippen molar-refractivity contribution in [2.45, 2.75) is 6.92 Å². The molecule has 0 spiro atoms. The van der Waals surface area contributed by atoms with Gasteiger partial charge in [-0.2, -0.15) is 5.26 Å². The number of hydrogen-bond donors (Lipinski definition) is 0. The van der Waals surface area contributed by atoms with Crippen molar-refractivity contribution in [2.24, 2.45) is 0 Å². The van der Waals surface area contributed by atoms with Crippen LogP contribution in [0.3, 0.4) is 0 Å². The molecule has 0 aliphatic heterocycles. The molecule has 0 heterocycles. The Morgan fingerprint density at radius 2 is 1.33 bits per heavy atom. The van der Waals surface area contributed by atoms with Gasteiger partial charge >= 0.3 is 37.7 Å². The van der Waals surface area contributed by atoms with E-state index < -0.39 is 0 Å². The third kappa shape index (κ3) is 56.5. The Morgan fingerprint density at radius 1 is 1.33 bits per heavy atom. The van der Waals surface area contributed by atoms with E-state index in [9.17, 15) is 0 Å². The van der Waals surface area contributed by atoms with Crippen molar-refractivity contribution >= 4 is 37.7 Å². The number of hydrogen-bond acceptors (Lipinski definition) is 1. The molecule has 0 saturated heterocycles. The van der Waals surface area contributed by atoms with Crippen LogP contribution in [0.25, 0.3) is 0 Å². The van der Waals surface area contributed by atoms with Crippen molar-refractivity contribution in [1.82, 2.24) is 0 Å². The Hall–Kier alpha value is 1.33. The van der Waals surface area contributed by atoms with E-state index in [0.29, 0.717) is 0 Å². The van der Waals surface area contributed by atoms with Crippen molar-refractivity contribution in [3.05, 3.63) is 0 Å². The zero-order chi connectivity index (χ0) is 2.71. The molecule has 0 aliphatic carbocycles. The predicted octanol–water partition coefficient (Wildman–Crippen LogP) is -5.84. The maximum Gasteiger partial charge on any atom is 2.00 e. The first-order valence-corrected chi connectivity index (χ1v) is 0.724. The summed E-state index contributed by atoms with van der Waals surface area (Å²) in [6.45, 7) is 1.43. The Morgan fingerprint density at radius 3 is 1.33 bits per heavy atom. The van der Waals surface area contributed by atoms with Crippen LogP contribution in [0.15, 0.2) is 0 Å². The molecule has 0 radical (unpaired) electrons. The zero-order valence-electron chi connectivity index (χ0n) is 3.41. The molecular weight excluding hydrogens is 149 g/mol. The maximum absolute atomic E-state index is 7.32. The van der Waals surface area contributed by atoms with E-state index in [4.69, 9.17) is 5.26 Å². The average molecular weight is 152 g/mol. The SMILES string of the molecule is CC#N.[Ca+2].[Cl-].[Cl-]. The largest absolute Gasteiger partial charge is 2.00 e. The van der Waals surface area contributed by atoms with Crippen LogP contribution in [-0.2, 0) is 0 Å². The molecule has 4 heteroatoms. The summed E-state index contributed by atoms with van der Waals surface area (Å²) < 4.78 is 0. The third-order valence-corrected chi connectivity index (χ3v) is 0. The fourth-order valence-electron chi connectivity index (χ4n) is 0. The minimum absolute atomic E-state index is 0. The van der Waals surface area contributed by atoms with E-state index >= 15 is 0 Å². The number of halogens is 2. The van der Waals surface area contributed by atoms with Gasteiger partial charge in [-0.3, -0.25) is 0 Å². The van der Waals surface area contributed by atoms with Gasteiger partial charge in [0.1, 0.15) is 0 Å². The topological polar surface area (TPSA) is 23.8 Å². The smallest absolute Gasteiger partial charge is 1.00 e. The molecule has 0 atom stereocenters. The molecule has 0 unspecified atom stereocenters. The molecular formula is C2H3CaCl2N. The summed E-state index contributed by atoms with van der Waals surface area (Å²) in [5.41, 5.74) is 0. The summed E-state index contributed by atoms with van der Waals surface area (Å²) in [5, 5.41) is 7.32. The van der Waals surface area contributed by atoms with E-state index in [-0.39, 0.29) is 62.6 Å². The van der Waals surface area contributed by atoms with Crippen LogP contribution in [0.5, 0.6) is 0 Å². The zero-order valence-corrected chi connectivity index (χ0v) is 7.13. The molecule has 1 nitrogen and oxygen atoms in total. The van der Waals surface area contributed by atoms with Gasteiger partial charge in [0.05, 0.1) is 6.07 Å². The van der Waals surface area contributed by atoms with Crippen LogP contribution in [0.4, 0.5) is 0 Å². The Balaban J connectivity index is -0.00000000667. The molecule has 0 saturated carbocycles. The Bertz CT molecular complexity index is 33.0. The molecule has 0 amide bonds. The minimum atomic E-state index is 0. The van der Waals surface area contributed by atoms with Crippen molar-refractivity contribution in [2.75, 3.05) is 0 Å². The summed E-state index contributed by atoms with van der Waals surface area (Å²) in [7, 11) is 0. The number of nitriles is 1. The van der Waals surface area contributed by atoms with Gasteiger partial charge < -0.3 is 24.8 Å². The van der Waals surface area contributed by atoms with Gasteiger partial charge in [-0.15, -0.1) is 0 Å². The summed E-state index contributed by atoms with van der Waals surface area (Å²) in [6, 6.07) is 1.75. The van der Waals surface area contributed by atoms with Crippen molar-refractivity contribution in [3.63, 3.8) is 0 Å². The van der Waals surface area contributed by atoms with E-state index in [1.165, 1.54) is 6.92 Å². The number of nitrogens with zero attached hydrogens (tertiary/aromatic N) is 1. The van der Waals surface area contributed by atoms with Crippen LogP contribution in [0, 0.1) is 11.3 Å². The van der Waals surface area contributed by atoms with Crippen molar-refractivity contribution in [3.8, 4) is 6.07 Å². The van der Waals surface area contributed by atoms with Gasteiger partial charge in [-0.1, -0.05) is 0 Å². The maximum atomic E-state index is 7.32. The second kappa shape index (κ2) is 33.1. The Labute approximate surface area is 79.9 Å². The van der Waals surface area contributed by atoms with Crippen LogP contribution >= 0.6 is 0 Å². The first-order chi connectivity index (χ1) is 1.41. The van der Waals surface area contributed by atoms with E-state index in [1.54, 1.807) is 6.07 Å². The van der Waals surface area contributed by atoms with Crippen LogP contribution in [-0.4, -0.2) is 37.7 Å². The summed E-state index contributed by atoms with van der Waals surface area (Å²) in [4.78, 5) is 0. The molecule has 0 aromatic carbocycles. The minimum Gasteiger partial charge on any atom is -1.00 e. The second-order valence-electron chi connectivity index (χ2n) is 0.224. The first-order valence-electron chi connectivity index (χ1n) is 0.724. The normalized spacial score (nSPS) is 1.33. The van der Waals surface area contributed by atoms with Gasteiger partial charge in [0.25, 0.3) is 0 Å². The molecule has 6 heavy (non-hydrogen) atoms. The van der Waals surface area contributed by atoms with E-state index in [2.05, 4.69) is 0 Å². The molecule has 0 aromatic heterocycles. The monoisotopic (exact) mass is 151 g/mol. The molecule has 0 bridgehead atoms. The van der Waals surface area contributed by atoms with Gasteiger partial charge in [0, 0.05) is 6.92 Å². The van der Waals surface area contributed by atoms with Crippen LogP contribution < -0.4 is 24.8 Å². The van der Waals surface area contributed by atoms with Gasteiger partial charge in [-0.05, 0) is 0 Å². The average Bonchev–Trinajstić information content (AvgIpc) is 0.918. The molecule has 0 aliphatic rings. The fourth-order valence-corrected chi connectivity index (χ4v) is 0.